The van der Waals surface area contributed by atoms with Crippen LogP contribution in [-0.2, 0) is 14.3 Å². The maximum atomic E-state index is 11.8. The summed E-state index contributed by atoms with van der Waals surface area (Å²) < 4.78 is 19.7. The third kappa shape index (κ3) is 9.49. The molecule has 2 aromatic carbocycles. The number of benzene rings is 2. The van der Waals surface area contributed by atoms with Crippen LogP contribution in [0.5, 0.6) is 11.5 Å². The van der Waals surface area contributed by atoms with Gasteiger partial charge < -0.3 is 24.3 Å². The third-order valence-electron chi connectivity index (χ3n) is 3.58. The number of nitrogens with one attached hydrogen (secondary N) is 1. The predicted octanol–water partition coefficient (Wildman–Crippen LogP) is 0.579. The first-order valence-electron chi connectivity index (χ1n) is 8.66. The van der Waals surface area contributed by atoms with Crippen molar-refractivity contribution in [1.29, 1.82) is 0 Å². The minimum atomic E-state index is -0.765. The molecule has 0 heterocycles. The second kappa shape index (κ2) is 13.9. The van der Waals surface area contributed by atoms with Gasteiger partial charge in [0.1, 0.15) is 11.5 Å². The van der Waals surface area contributed by atoms with Gasteiger partial charge in [-0.2, -0.15) is 0 Å². The smallest absolute Gasteiger partial charge is 0.497 e. The van der Waals surface area contributed by atoms with E-state index in [0.717, 1.165) is 0 Å². The number of amides is 1. The molecule has 1 N–H and O–H groups in total. The minimum absolute atomic E-state index is 0. The first kappa shape index (κ1) is 25.8. The first-order chi connectivity index (χ1) is 14.0. The van der Waals surface area contributed by atoms with Crippen LogP contribution in [0, 0.1) is 0 Å². The summed E-state index contributed by atoms with van der Waals surface area (Å²) in [5.41, 5.74) is 0.300. The van der Waals surface area contributed by atoms with Crippen LogP contribution in [0.2, 0.25) is 5.02 Å². The molecule has 0 unspecified atom stereocenters. The number of carbonyl (C=O) groups excluding carboxylic acids is 3. The second-order valence-electron chi connectivity index (χ2n) is 5.67. The van der Waals surface area contributed by atoms with Crippen molar-refractivity contribution in [1.82, 2.24) is 5.32 Å². The zero-order valence-corrected chi connectivity index (χ0v) is 19.4. The van der Waals surface area contributed by atoms with E-state index in [1.54, 1.807) is 36.4 Å². The number of halogens is 1. The second-order valence-corrected chi connectivity index (χ2v) is 6.10. The van der Waals surface area contributed by atoms with E-state index < -0.39 is 24.8 Å². The molecular formula is C20H20ClNNaO7+. The summed E-state index contributed by atoms with van der Waals surface area (Å²) in [5, 5.41) is 2.99. The molecule has 0 saturated heterocycles. The van der Waals surface area contributed by atoms with Gasteiger partial charge in [0.25, 0.3) is 0 Å². The molecule has 0 bridgehead atoms. The number of hydrogen-bond donors (Lipinski definition) is 1. The predicted molar refractivity (Wildman–Crippen MR) is 104 cm³/mol. The summed E-state index contributed by atoms with van der Waals surface area (Å²) >= 11 is 5.75. The molecule has 0 aliphatic heterocycles. The molecule has 0 radical (unpaired) electrons. The fourth-order valence-corrected chi connectivity index (χ4v) is 2.23. The summed E-state index contributed by atoms with van der Waals surface area (Å²) in [5.74, 6) is -0.0685. The average molecular weight is 445 g/mol. The molecule has 0 saturated carbocycles. The van der Waals surface area contributed by atoms with Crippen LogP contribution >= 0.6 is 11.6 Å². The molecule has 0 spiro atoms. The van der Waals surface area contributed by atoms with E-state index in [9.17, 15) is 14.4 Å². The summed E-state index contributed by atoms with van der Waals surface area (Å²) in [4.78, 5) is 35.0. The molecule has 0 atom stereocenters. The normalized spacial score (nSPS) is 9.67. The molecule has 8 nitrogen and oxygen atoms in total. The largest absolute Gasteiger partial charge is 1.00 e. The van der Waals surface area contributed by atoms with Gasteiger partial charge in [-0.25, -0.2) is 9.59 Å². The number of hydrogen-bond acceptors (Lipinski definition) is 7. The fourth-order valence-electron chi connectivity index (χ4n) is 2.11. The number of ether oxygens (including phenoxy) is 4. The van der Waals surface area contributed by atoms with Crippen molar-refractivity contribution in [2.45, 2.75) is 12.8 Å². The van der Waals surface area contributed by atoms with E-state index in [0.29, 0.717) is 28.5 Å². The summed E-state index contributed by atoms with van der Waals surface area (Å²) in [6.45, 7) is -0.337. The van der Waals surface area contributed by atoms with Gasteiger partial charge in [-0.05, 0) is 55.0 Å². The van der Waals surface area contributed by atoms with E-state index in [1.165, 1.54) is 19.2 Å². The number of esters is 2. The number of carbonyl (C=O) groups is 3. The molecule has 0 aliphatic rings. The molecule has 2 rings (SSSR count). The maximum absolute atomic E-state index is 11.8. The van der Waals surface area contributed by atoms with Crippen LogP contribution < -0.4 is 44.3 Å². The SMILES string of the molecule is COc1ccc(C(=O)OCOC(=O)NCCCC(=O)Oc2ccc(Cl)cc2)cc1.[Na+]. The van der Waals surface area contributed by atoms with Crippen LogP contribution in [0.4, 0.5) is 4.79 Å². The van der Waals surface area contributed by atoms with Crippen LogP contribution in [0.25, 0.3) is 0 Å². The quantitative estimate of drug-likeness (QED) is 0.198. The monoisotopic (exact) mass is 444 g/mol. The Bertz CT molecular complexity index is 828. The minimum Gasteiger partial charge on any atom is -0.497 e. The first-order valence-corrected chi connectivity index (χ1v) is 9.04. The van der Waals surface area contributed by atoms with Crippen molar-refractivity contribution >= 4 is 29.6 Å². The Hall–Kier alpha value is -2.26. The van der Waals surface area contributed by atoms with Gasteiger partial charge in [0.15, 0.2) is 0 Å². The number of methoxy groups -OCH3 is 1. The van der Waals surface area contributed by atoms with Crippen molar-refractivity contribution in [3.05, 3.63) is 59.1 Å². The zero-order valence-electron chi connectivity index (χ0n) is 16.7. The van der Waals surface area contributed by atoms with Crippen molar-refractivity contribution in [3.8, 4) is 11.5 Å². The van der Waals surface area contributed by atoms with Crippen LogP contribution in [-0.4, -0.2) is 38.5 Å². The van der Waals surface area contributed by atoms with Crippen molar-refractivity contribution in [2.75, 3.05) is 20.4 Å². The maximum Gasteiger partial charge on any atom is 1.00 e. The molecule has 10 heteroatoms. The Morgan fingerprint density at radius 3 is 2.20 bits per heavy atom. The Labute approximate surface area is 201 Å². The van der Waals surface area contributed by atoms with E-state index in [1.807, 2.05) is 0 Å². The van der Waals surface area contributed by atoms with Gasteiger partial charge >= 0.3 is 47.6 Å². The van der Waals surface area contributed by atoms with Gasteiger partial charge in [-0.15, -0.1) is 0 Å². The molecule has 0 aromatic heterocycles. The van der Waals surface area contributed by atoms with E-state index >= 15 is 0 Å². The molecule has 154 valence electrons. The topological polar surface area (TPSA) is 100 Å². The van der Waals surface area contributed by atoms with E-state index in [-0.39, 0.29) is 42.5 Å². The third-order valence-corrected chi connectivity index (χ3v) is 3.83. The molecule has 0 fully saturated rings. The van der Waals surface area contributed by atoms with Gasteiger partial charge in [0.2, 0.25) is 6.79 Å². The Kier molecular flexibility index (Phi) is 11.9. The van der Waals surface area contributed by atoms with Crippen molar-refractivity contribution < 1.29 is 62.9 Å². The summed E-state index contributed by atoms with van der Waals surface area (Å²) in [7, 11) is 1.52. The van der Waals surface area contributed by atoms with E-state index in [4.69, 9.17) is 30.5 Å². The Balaban J connectivity index is 0.00000450. The van der Waals surface area contributed by atoms with E-state index in [2.05, 4.69) is 5.32 Å². The van der Waals surface area contributed by atoms with Crippen molar-refractivity contribution in [2.24, 2.45) is 0 Å². The standard InChI is InChI=1S/C20H20ClNO7.Na/c1-26-16-8-4-14(5-9-16)19(24)27-13-28-20(25)22-12-2-3-18(23)29-17-10-6-15(21)7-11-17;/h4-11H,2-3,12-13H2,1H3,(H,22,25);/q;+1. The number of alkyl carbamates (subject to hydrolysis) is 1. The molecular weight excluding hydrogens is 425 g/mol. The zero-order chi connectivity index (χ0) is 21.1. The average Bonchev–Trinajstić information content (AvgIpc) is 2.73. The Morgan fingerprint density at radius 2 is 1.57 bits per heavy atom. The van der Waals surface area contributed by atoms with Crippen LogP contribution in [0.15, 0.2) is 48.5 Å². The molecule has 2 aromatic rings. The van der Waals surface area contributed by atoms with Gasteiger partial charge in [-0.3, -0.25) is 4.79 Å². The Morgan fingerprint density at radius 1 is 0.933 bits per heavy atom. The van der Waals surface area contributed by atoms with Gasteiger partial charge in [0, 0.05) is 18.0 Å². The summed E-state index contributed by atoms with van der Waals surface area (Å²) in [6, 6.07) is 12.7. The summed E-state index contributed by atoms with van der Waals surface area (Å²) in [6.07, 6.45) is -0.304. The fraction of sp³-hybridized carbons (Fsp3) is 0.250. The molecule has 0 aliphatic carbocycles. The number of rotatable bonds is 9. The van der Waals surface area contributed by atoms with Crippen LogP contribution in [0.1, 0.15) is 23.2 Å². The van der Waals surface area contributed by atoms with Crippen molar-refractivity contribution in [3.63, 3.8) is 0 Å². The molecule has 30 heavy (non-hydrogen) atoms. The van der Waals surface area contributed by atoms with Crippen LogP contribution in [0.3, 0.4) is 0 Å². The molecule has 1 amide bonds. The van der Waals surface area contributed by atoms with Gasteiger partial charge in [0.05, 0.1) is 12.7 Å². The van der Waals surface area contributed by atoms with Gasteiger partial charge in [-0.1, -0.05) is 11.6 Å².